The average molecular weight is 519 g/mol. The third-order valence-electron chi connectivity index (χ3n) is 8.14. The molecule has 0 aromatic heterocycles. The number of hydrogen-bond donors (Lipinski definition) is 1. The van der Waals surface area contributed by atoms with Gasteiger partial charge in [0.25, 0.3) is 5.91 Å². The second kappa shape index (κ2) is 8.97. The highest BCUT2D eigenvalue weighted by atomic mass is 28.4. The maximum Gasteiger partial charge on any atom is 0.331 e. The van der Waals surface area contributed by atoms with Gasteiger partial charge in [-0.1, -0.05) is 53.0 Å². The maximum absolute atomic E-state index is 16.5. The van der Waals surface area contributed by atoms with E-state index in [2.05, 4.69) is 33.9 Å². The molecule has 0 unspecified atom stereocenters. The highest BCUT2D eigenvalue weighted by molar-refractivity contribution is 6.74. The number of fused-ring (bicyclic) bond motifs is 6. The van der Waals surface area contributed by atoms with Gasteiger partial charge in [0, 0.05) is 24.0 Å². The van der Waals surface area contributed by atoms with E-state index in [1.165, 1.54) is 0 Å². The Bertz CT molecular complexity index is 1120. The van der Waals surface area contributed by atoms with Gasteiger partial charge in [0.15, 0.2) is 0 Å². The van der Waals surface area contributed by atoms with E-state index < -0.39 is 55.7 Å². The first-order valence-electron chi connectivity index (χ1n) is 12.6. The number of ether oxygens (including phenoxy) is 1. The summed E-state index contributed by atoms with van der Waals surface area (Å²) in [5.41, 5.74) is -2.27. The van der Waals surface area contributed by atoms with Gasteiger partial charge in [-0.3, -0.25) is 24.6 Å². The lowest BCUT2D eigenvalue weighted by atomic mass is 9.53. The highest BCUT2D eigenvalue weighted by Gasteiger charge is 2.77. The van der Waals surface area contributed by atoms with Gasteiger partial charge in [-0.15, -0.1) is 0 Å². The lowest BCUT2D eigenvalue weighted by Crippen LogP contribution is -2.82. The van der Waals surface area contributed by atoms with Crippen LogP contribution in [0, 0.1) is 5.92 Å². The molecular weight excluding hydrogens is 483 g/mol. The molecule has 2 heterocycles. The lowest BCUT2D eigenvalue weighted by Gasteiger charge is -2.59. The fourth-order valence-corrected chi connectivity index (χ4v) is 6.12. The number of esters is 1. The molecule has 8 nitrogen and oxygen atoms in total. The highest BCUT2D eigenvalue weighted by Crippen LogP contribution is 2.61. The van der Waals surface area contributed by atoms with E-state index >= 15 is 4.39 Å². The summed E-state index contributed by atoms with van der Waals surface area (Å²) in [7, 11) is -2.18. The average Bonchev–Trinajstić information content (AvgIpc) is 2.76. The number of hydrogen-bond acceptors (Lipinski definition) is 6. The summed E-state index contributed by atoms with van der Waals surface area (Å²) in [4.78, 5) is 52.1. The molecule has 1 aliphatic carbocycles. The summed E-state index contributed by atoms with van der Waals surface area (Å²) in [6, 6.07) is 2.35. The van der Waals surface area contributed by atoms with Crippen molar-refractivity contribution in [1.82, 2.24) is 10.2 Å². The number of carbonyl (C=O) groups excluding carboxylic acids is 4. The van der Waals surface area contributed by atoms with Gasteiger partial charge in [-0.05, 0) is 30.6 Å². The van der Waals surface area contributed by atoms with Crippen LogP contribution in [-0.4, -0.2) is 48.7 Å². The monoisotopic (exact) mass is 518 g/mol. The summed E-state index contributed by atoms with van der Waals surface area (Å²) in [6.45, 7) is 12.5. The van der Waals surface area contributed by atoms with Crippen LogP contribution < -0.4 is 14.5 Å². The first kappa shape index (κ1) is 26.3. The molecule has 0 spiro atoms. The standard InChI is InChI=1S/C26H35FN2O6Si/c1-7-8-9-10-11-18(30)29-21-19-20(26(21,27)23(32)28-24(29)33)16-13-12-15(14-17(16)34-22(19)31)35-36(5,6)25(2,3)4/h12-14,19-21H,7-11H2,1-6H3,(H,28,32,33)/t19-,20+,21+,26+/m1/s1. The van der Waals surface area contributed by atoms with Crippen LogP contribution >= 0.6 is 0 Å². The minimum Gasteiger partial charge on any atom is -0.543 e. The van der Waals surface area contributed by atoms with E-state index in [-0.39, 0.29) is 17.2 Å². The lowest BCUT2D eigenvalue weighted by molar-refractivity contribution is -0.186. The number of urea groups is 1. The first-order valence-corrected chi connectivity index (χ1v) is 15.6. The van der Waals surface area contributed by atoms with Gasteiger partial charge >= 0.3 is 12.0 Å². The second-order valence-electron chi connectivity index (χ2n) is 11.5. The van der Waals surface area contributed by atoms with Gasteiger partial charge in [0.1, 0.15) is 11.5 Å². The molecule has 10 heteroatoms. The van der Waals surface area contributed by atoms with Gasteiger partial charge in [-0.2, -0.15) is 0 Å². The third-order valence-corrected chi connectivity index (χ3v) is 12.5. The van der Waals surface area contributed by atoms with Gasteiger partial charge in [0.05, 0.1) is 12.0 Å². The molecule has 0 radical (unpaired) electrons. The summed E-state index contributed by atoms with van der Waals surface area (Å²) in [5.74, 6) is -4.16. The Morgan fingerprint density at radius 1 is 1.19 bits per heavy atom. The largest absolute Gasteiger partial charge is 0.543 e. The van der Waals surface area contributed by atoms with E-state index in [0.29, 0.717) is 17.7 Å². The Balaban J connectivity index is 1.64. The topological polar surface area (TPSA) is 102 Å². The Hall–Kier alpha value is -2.75. The number of unbranched alkanes of at least 4 members (excludes halogenated alkanes) is 3. The molecule has 2 aliphatic heterocycles. The van der Waals surface area contributed by atoms with Gasteiger partial charge in [-0.25, -0.2) is 9.18 Å². The van der Waals surface area contributed by atoms with E-state index in [0.717, 1.165) is 24.2 Å². The van der Waals surface area contributed by atoms with Crippen LogP contribution in [0.4, 0.5) is 9.18 Å². The number of halogens is 1. The number of benzene rings is 1. The van der Waals surface area contributed by atoms with Gasteiger partial charge < -0.3 is 9.16 Å². The van der Waals surface area contributed by atoms with Crippen molar-refractivity contribution >= 4 is 32.1 Å². The molecule has 1 saturated carbocycles. The molecule has 1 saturated heterocycles. The molecule has 2 fully saturated rings. The number of imide groups is 2. The molecule has 1 aromatic carbocycles. The van der Waals surface area contributed by atoms with Crippen LogP contribution in [-0.2, 0) is 14.4 Å². The minimum atomic E-state index is -2.62. The summed E-state index contributed by atoms with van der Waals surface area (Å²) >= 11 is 0. The van der Waals surface area contributed by atoms with Crippen molar-refractivity contribution in [3.05, 3.63) is 23.8 Å². The van der Waals surface area contributed by atoms with E-state index in [1.54, 1.807) is 18.2 Å². The fraction of sp³-hybridized carbons (Fsp3) is 0.615. The molecule has 4 rings (SSSR count). The number of carbonyl (C=O) groups is 4. The molecule has 3 aliphatic rings. The van der Waals surface area contributed by atoms with Crippen molar-refractivity contribution in [2.24, 2.45) is 5.92 Å². The van der Waals surface area contributed by atoms with Crippen LogP contribution in [0.2, 0.25) is 18.1 Å². The van der Waals surface area contributed by atoms with Crippen molar-refractivity contribution in [2.45, 2.75) is 95.6 Å². The van der Waals surface area contributed by atoms with Gasteiger partial charge in [0.2, 0.25) is 19.9 Å². The zero-order chi connectivity index (χ0) is 26.6. The molecule has 0 bridgehead atoms. The number of nitrogens with zero attached hydrogens (tertiary/aromatic N) is 1. The number of nitrogens with one attached hydrogen (secondary N) is 1. The number of amides is 4. The Labute approximate surface area is 212 Å². The zero-order valence-corrected chi connectivity index (χ0v) is 22.8. The fourth-order valence-electron chi connectivity index (χ4n) is 5.10. The summed E-state index contributed by atoms with van der Waals surface area (Å²) in [5, 5.41) is 1.94. The summed E-state index contributed by atoms with van der Waals surface area (Å²) in [6.07, 6.45) is 3.27. The molecule has 4 atom stereocenters. The van der Waals surface area contributed by atoms with Crippen LogP contribution in [0.1, 0.15) is 71.3 Å². The molecular formula is C26H35FN2O6Si. The van der Waals surface area contributed by atoms with Crippen molar-refractivity contribution in [3.63, 3.8) is 0 Å². The predicted molar refractivity (Wildman–Crippen MR) is 133 cm³/mol. The quantitative estimate of drug-likeness (QED) is 0.240. The van der Waals surface area contributed by atoms with E-state index in [1.807, 2.05) is 12.2 Å². The Morgan fingerprint density at radius 2 is 1.89 bits per heavy atom. The third kappa shape index (κ3) is 4.03. The zero-order valence-electron chi connectivity index (χ0n) is 21.8. The smallest absolute Gasteiger partial charge is 0.331 e. The van der Waals surface area contributed by atoms with Crippen LogP contribution in [0.3, 0.4) is 0 Å². The van der Waals surface area contributed by atoms with Crippen LogP contribution in [0.15, 0.2) is 18.2 Å². The van der Waals surface area contributed by atoms with Crippen LogP contribution in [0.5, 0.6) is 11.5 Å². The maximum atomic E-state index is 16.5. The van der Waals surface area contributed by atoms with Crippen molar-refractivity contribution in [2.75, 3.05) is 0 Å². The van der Waals surface area contributed by atoms with Crippen molar-refractivity contribution in [1.29, 1.82) is 0 Å². The molecule has 1 aromatic rings. The summed E-state index contributed by atoms with van der Waals surface area (Å²) < 4.78 is 28.4. The second-order valence-corrected chi connectivity index (χ2v) is 16.3. The van der Waals surface area contributed by atoms with E-state index in [4.69, 9.17) is 9.16 Å². The molecule has 1 N–H and O–H groups in total. The van der Waals surface area contributed by atoms with Crippen molar-refractivity contribution in [3.8, 4) is 11.5 Å². The first-order chi connectivity index (χ1) is 16.7. The molecule has 4 amide bonds. The van der Waals surface area contributed by atoms with E-state index in [9.17, 15) is 19.2 Å². The SMILES string of the molecule is CCCCCCC(=O)N1C(=O)NC(=O)[C@@]2(F)[C@@H]1[C@@H]1C(=O)Oc3cc(O[Si](C)(C)C(C)(C)C)ccc3[C@@H]12. The molecule has 36 heavy (non-hydrogen) atoms. The van der Waals surface area contributed by atoms with Crippen LogP contribution in [0.25, 0.3) is 0 Å². The predicted octanol–water partition coefficient (Wildman–Crippen LogP) is 4.83. The number of alkyl halides is 1. The number of rotatable bonds is 7. The Morgan fingerprint density at radius 3 is 2.53 bits per heavy atom. The molecule has 196 valence electrons. The Kier molecular flexibility index (Phi) is 6.56. The minimum absolute atomic E-state index is 0.0331. The normalized spacial score (nSPS) is 27.2. The van der Waals surface area contributed by atoms with Crippen molar-refractivity contribution < 1.29 is 32.7 Å².